The molecule has 0 bridgehead atoms. The first kappa shape index (κ1) is 16.6. The molecule has 1 saturated heterocycles. The van der Waals surface area contributed by atoms with Crippen LogP contribution in [0, 0.1) is 0 Å². The molecular formula is C18H19ClN2O3. The Labute approximate surface area is 145 Å². The van der Waals surface area contributed by atoms with E-state index in [1.54, 1.807) is 18.2 Å². The highest BCUT2D eigenvalue weighted by atomic mass is 35.5. The highest BCUT2D eigenvalue weighted by molar-refractivity contribution is 6.31. The van der Waals surface area contributed by atoms with Crippen molar-refractivity contribution in [3.05, 3.63) is 59.0 Å². The summed E-state index contributed by atoms with van der Waals surface area (Å²) in [5, 5.41) is 3.56. The third-order valence-corrected chi connectivity index (χ3v) is 4.60. The molecule has 1 aliphatic heterocycles. The number of hydrogen-bond donors (Lipinski definition) is 1. The molecule has 2 amide bonds. The molecule has 1 aliphatic rings. The number of amides is 2. The standard InChI is InChI=1S/C18H19ClN2O3/c19-15-5-2-1-4-13(15)12-17(22)21-9-7-14(8-10-21)20-18(23)16-6-3-11-24-16/h1-6,11,14H,7-10,12H2,(H,20,23). The zero-order valence-electron chi connectivity index (χ0n) is 13.2. The first-order valence-corrected chi connectivity index (χ1v) is 8.37. The van der Waals surface area contributed by atoms with Crippen LogP contribution in [0.15, 0.2) is 47.1 Å². The molecule has 5 nitrogen and oxygen atoms in total. The van der Waals surface area contributed by atoms with Gasteiger partial charge in [-0.1, -0.05) is 29.8 Å². The van der Waals surface area contributed by atoms with Gasteiger partial charge in [-0.25, -0.2) is 0 Å². The third kappa shape index (κ3) is 3.97. The van der Waals surface area contributed by atoms with E-state index < -0.39 is 0 Å². The number of hydrogen-bond acceptors (Lipinski definition) is 3. The summed E-state index contributed by atoms with van der Waals surface area (Å²) in [6.45, 7) is 1.26. The molecule has 0 atom stereocenters. The number of likely N-dealkylation sites (tertiary alicyclic amines) is 1. The number of benzene rings is 1. The Balaban J connectivity index is 1.49. The summed E-state index contributed by atoms with van der Waals surface area (Å²) < 4.78 is 5.08. The molecule has 0 aliphatic carbocycles. The highest BCUT2D eigenvalue weighted by Gasteiger charge is 2.25. The molecule has 0 saturated carbocycles. The number of rotatable bonds is 4. The Kier molecular flexibility index (Phi) is 5.20. The van der Waals surface area contributed by atoms with Gasteiger partial charge in [0, 0.05) is 24.2 Å². The Bertz CT molecular complexity index is 707. The fraction of sp³-hybridized carbons (Fsp3) is 0.333. The Morgan fingerprint density at radius 2 is 1.92 bits per heavy atom. The fourth-order valence-corrected chi connectivity index (χ4v) is 3.06. The second kappa shape index (κ2) is 7.53. The van der Waals surface area contributed by atoms with E-state index in [-0.39, 0.29) is 17.9 Å². The smallest absolute Gasteiger partial charge is 0.287 e. The van der Waals surface area contributed by atoms with E-state index in [4.69, 9.17) is 16.0 Å². The molecule has 2 heterocycles. The zero-order valence-corrected chi connectivity index (χ0v) is 14.0. The van der Waals surface area contributed by atoms with Crippen LogP contribution in [0.4, 0.5) is 0 Å². The van der Waals surface area contributed by atoms with Crippen molar-refractivity contribution in [3.63, 3.8) is 0 Å². The summed E-state index contributed by atoms with van der Waals surface area (Å²) in [4.78, 5) is 26.2. The Hall–Kier alpha value is -2.27. The number of halogens is 1. The lowest BCUT2D eigenvalue weighted by atomic mass is 10.0. The van der Waals surface area contributed by atoms with Gasteiger partial charge in [-0.15, -0.1) is 0 Å². The lowest BCUT2D eigenvalue weighted by Crippen LogP contribution is -2.46. The van der Waals surface area contributed by atoms with E-state index >= 15 is 0 Å². The van der Waals surface area contributed by atoms with E-state index in [0.717, 1.165) is 18.4 Å². The maximum Gasteiger partial charge on any atom is 0.287 e. The first-order valence-electron chi connectivity index (χ1n) is 7.99. The van der Waals surface area contributed by atoms with Crippen molar-refractivity contribution >= 4 is 23.4 Å². The molecule has 6 heteroatoms. The van der Waals surface area contributed by atoms with Gasteiger partial charge in [0.25, 0.3) is 5.91 Å². The van der Waals surface area contributed by atoms with Crippen LogP contribution in [0.3, 0.4) is 0 Å². The second-order valence-corrected chi connectivity index (χ2v) is 6.28. The lowest BCUT2D eigenvalue weighted by Gasteiger charge is -2.32. The van der Waals surface area contributed by atoms with Crippen molar-refractivity contribution in [1.29, 1.82) is 0 Å². The van der Waals surface area contributed by atoms with Crippen molar-refractivity contribution in [2.45, 2.75) is 25.3 Å². The van der Waals surface area contributed by atoms with E-state index in [9.17, 15) is 9.59 Å². The van der Waals surface area contributed by atoms with Crippen LogP contribution in [0.25, 0.3) is 0 Å². The summed E-state index contributed by atoms with van der Waals surface area (Å²) in [6.07, 6.45) is 3.26. The highest BCUT2D eigenvalue weighted by Crippen LogP contribution is 2.18. The largest absolute Gasteiger partial charge is 0.459 e. The van der Waals surface area contributed by atoms with E-state index in [1.165, 1.54) is 6.26 Å². The van der Waals surface area contributed by atoms with Crippen molar-refractivity contribution in [2.24, 2.45) is 0 Å². The molecule has 1 N–H and O–H groups in total. The zero-order chi connectivity index (χ0) is 16.9. The lowest BCUT2D eigenvalue weighted by molar-refractivity contribution is -0.131. The predicted octanol–water partition coefficient (Wildman–Crippen LogP) is 2.90. The number of carbonyl (C=O) groups excluding carboxylic acids is 2. The molecule has 1 aromatic heterocycles. The van der Waals surface area contributed by atoms with Gasteiger partial charge in [-0.05, 0) is 36.6 Å². The van der Waals surface area contributed by atoms with Crippen LogP contribution < -0.4 is 5.32 Å². The summed E-state index contributed by atoms with van der Waals surface area (Å²) in [5.74, 6) is 0.173. The number of piperidine rings is 1. The van der Waals surface area contributed by atoms with Crippen molar-refractivity contribution in [2.75, 3.05) is 13.1 Å². The quantitative estimate of drug-likeness (QED) is 0.925. The Morgan fingerprint density at radius 3 is 2.58 bits per heavy atom. The monoisotopic (exact) mass is 346 g/mol. The van der Waals surface area contributed by atoms with E-state index in [0.29, 0.717) is 30.3 Å². The van der Waals surface area contributed by atoms with Gasteiger partial charge in [-0.2, -0.15) is 0 Å². The molecule has 3 rings (SSSR count). The molecule has 126 valence electrons. The van der Waals surface area contributed by atoms with Crippen molar-refractivity contribution in [3.8, 4) is 0 Å². The van der Waals surface area contributed by atoms with Crippen LogP contribution in [0.1, 0.15) is 29.0 Å². The maximum absolute atomic E-state index is 12.4. The maximum atomic E-state index is 12.4. The van der Waals surface area contributed by atoms with Crippen LogP contribution in [-0.2, 0) is 11.2 Å². The molecule has 0 radical (unpaired) electrons. The minimum absolute atomic E-state index is 0.0620. The SMILES string of the molecule is O=C(NC1CCN(C(=O)Cc2ccccc2Cl)CC1)c1ccco1. The number of nitrogens with one attached hydrogen (secondary N) is 1. The molecular weight excluding hydrogens is 328 g/mol. The van der Waals surface area contributed by atoms with Crippen LogP contribution in [0.5, 0.6) is 0 Å². The molecule has 24 heavy (non-hydrogen) atoms. The average molecular weight is 347 g/mol. The summed E-state index contributed by atoms with van der Waals surface area (Å²) in [7, 11) is 0. The van der Waals surface area contributed by atoms with Gasteiger partial charge in [0.05, 0.1) is 12.7 Å². The predicted molar refractivity (Wildman–Crippen MR) is 90.9 cm³/mol. The van der Waals surface area contributed by atoms with E-state index in [2.05, 4.69) is 5.32 Å². The summed E-state index contributed by atoms with van der Waals surface area (Å²) in [6, 6.07) is 10.8. The van der Waals surface area contributed by atoms with Crippen molar-refractivity contribution < 1.29 is 14.0 Å². The molecule has 0 spiro atoms. The molecule has 1 aromatic carbocycles. The van der Waals surface area contributed by atoms with Gasteiger partial charge in [0.1, 0.15) is 0 Å². The molecule has 1 fully saturated rings. The van der Waals surface area contributed by atoms with Gasteiger partial charge >= 0.3 is 0 Å². The topological polar surface area (TPSA) is 62.6 Å². The summed E-state index contributed by atoms with van der Waals surface area (Å²) in [5.41, 5.74) is 0.845. The number of carbonyl (C=O) groups is 2. The second-order valence-electron chi connectivity index (χ2n) is 5.87. The van der Waals surface area contributed by atoms with E-state index in [1.807, 2.05) is 23.1 Å². The fourth-order valence-electron chi connectivity index (χ4n) is 2.85. The van der Waals surface area contributed by atoms with Gasteiger partial charge in [-0.3, -0.25) is 9.59 Å². The minimum Gasteiger partial charge on any atom is -0.459 e. The van der Waals surface area contributed by atoms with Gasteiger partial charge in [0.15, 0.2) is 5.76 Å². The first-order chi connectivity index (χ1) is 11.6. The summed E-state index contributed by atoms with van der Waals surface area (Å²) >= 11 is 6.11. The van der Waals surface area contributed by atoms with Gasteiger partial charge in [0.2, 0.25) is 5.91 Å². The average Bonchev–Trinajstić information content (AvgIpc) is 3.12. The van der Waals surface area contributed by atoms with Crippen LogP contribution in [0.2, 0.25) is 5.02 Å². The third-order valence-electron chi connectivity index (χ3n) is 4.23. The minimum atomic E-state index is -0.208. The molecule has 0 unspecified atom stereocenters. The van der Waals surface area contributed by atoms with Crippen molar-refractivity contribution in [1.82, 2.24) is 10.2 Å². The normalized spacial score (nSPS) is 15.3. The number of nitrogens with zero attached hydrogens (tertiary/aromatic N) is 1. The Morgan fingerprint density at radius 1 is 1.17 bits per heavy atom. The van der Waals surface area contributed by atoms with Gasteiger partial charge < -0.3 is 14.6 Å². The van der Waals surface area contributed by atoms with Crippen LogP contribution >= 0.6 is 11.6 Å². The number of furan rings is 1. The molecule has 2 aromatic rings. The van der Waals surface area contributed by atoms with Crippen LogP contribution in [-0.4, -0.2) is 35.8 Å².